The molecular formula is C12H19N3. The van der Waals surface area contributed by atoms with Gasteiger partial charge in [-0.3, -0.25) is 0 Å². The minimum atomic E-state index is 0.611. The standard InChI is InChI=1S/C12H19N3/c1-3-10-7-12(14-8-13-10)15-11-5-4-9(2)6-11/h7-9,11H,3-6H2,1-2H3,(H,13,14,15). The highest BCUT2D eigenvalue weighted by Gasteiger charge is 2.21. The van der Waals surface area contributed by atoms with Crippen LogP contribution < -0.4 is 5.32 Å². The van der Waals surface area contributed by atoms with E-state index in [1.807, 2.05) is 0 Å². The Balaban J connectivity index is 1.98. The summed E-state index contributed by atoms with van der Waals surface area (Å²) in [6.07, 6.45) is 6.50. The molecule has 0 saturated heterocycles. The van der Waals surface area contributed by atoms with Gasteiger partial charge >= 0.3 is 0 Å². The van der Waals surface area contributed by atoms with E-state index in [2.05, 4.69) is 35.2 Å². The molecule has 0 aliphatic heterocycles. The van der Waals surface area contributed by atoms with E-state index in [1.165, 1.54) is 19.3 Å². The molecule has 1 heterocycles. The van der Waals surface area contributed by atoms with Crippen LogP contribution in [-0.2, 0) is 6.42 Å². The van der Waals surface area contributed by atoms with Gasteiger partial charge in [-0.15, -0.1) is 0 Å². The van der Waals surface area contributed by atoms with Crippen molar-refractivity contribution >= 4 is 5.82 Å². The maximum absolute atomic E-state index is 4.25. The fourth-order valence-corrected chi connectivity index (χ4v) is 2.22. The molecule has 82 valence electrons. The summed E-state index contributed by atoms with van der Waals surface area (Å²) in [4.78, 5) is 8.45. The Bertz CT molecular complexity index is 324. The summed E-state index contributed by atoms with van der Waals surface area (Å²) < 4.78 is 0. The fraction of sp³-hybridized carbons (Fsp3) is 0.667. The van der Waals surface area contributed by atoms with Crippen molar-refractivity contribution in [2.75, 3.05) is 5.32 Å². The lowest BCUT2D eigenvalue weighted by Gasteiger charge is -2.13. The molecule has 0 amide bonds. The first kappa shape index (κ1) is 10.4. The summed E-state index contributed by atoms with van der Waals surface area (Å²) >= 11 is 0. The highest BCUT2D eigenvalue weighted by molar-refractivity contribution is 5.36. The molecule has 1 aromatic heterocycles. The lowest BCUT2D eigenvalue weighted by Crippen LogP contribution is -2.16. The minimum absolute atomic E-state index is 0.611. The highest BCUT2D eigenvalue weighted by Crippen LogP contribution is 2.26. The van der Waals surface area contributed by atoms with E-state index in [9.17, 15) is 0 Å². The third kappa shape index (κ3) is 2.67. The van der Waals surface area contributed by atoms with E-state index >= 15 is 0 Å². The molecule has 1 saturated carbocycles. The Kier molecular flexibility index (Phi) is 3.19. The van der Waals surface area contributed by atoms with E-state index < -0.39 is 0 Å². The Labute approximate surface area is 91.3 Å². The molecule has 0 spiro atoms. The first-order valence-corrected chi connectivity index (χ1v) is 5.85. The van der Waals surface area contributed by atoms with Gasteiger partial charge in [-0.2, -0.15) is 0 Å². The lowest BCUT2D eigenvalue weighted by atomic mass is 10.1. The maximum Gasteiger partial charge on any atom is 0.129 e. The molecule has 2 rings (SSSR count). The Hall–Kier alpha value is -1.12. The highest BCUT2D eigenvalue weighted by atomic mass is 15.0. The van der Waals surface area contributed by atoms with E-state index in [0.29, 0.717) is 6.04 Å². The molecule has 1 N–H and O–H groups in total. The number of hydrogen-bond donors (Lipinski definition) is 1. The van der Waals surface area contributed by atoms with Crippen LogP contribution in [0.2, 0.25) is 0 Å². The molecule has 1 aliphatic carbocycles. The summed E-state index contributed by atoms with van der Waals surface area (Å²) in [5.74, 6) is 1.84. The predicted octanol–water partition coefficient (Wildman–Crippen LogP) is 2.64. The fourth-order valence-electron chi connectivity index (χ4n) is 2.22. The van der Waals surface area contributed by atoms with Crippen LogP contribution in [0.4, 0.5) is 5.82 Å². The van der Waals surface area contributed by atoms with E-state index in [4.69, 9.17) is 0 Å². The van der Waals surface area contributed by atoms with Crippen molar-refractivity contribution in [2.45, 2.75) is 45.6 Å². The first-order chi connectivity index (χ1) is 7.28. The predicted molar refractivity (Wildman–Crippen MR) is 61.8 cm³/mol. The maximum atomic E-state index is 4.25. The lowest BCUT2D eigenvalue weighted by molar-refractivity contribution is 0.602. The van der Waals surface area contributed by atoms with E-state index in [1.54, 1.807) is 6.33 Å². The van der Waals surface area contributed by atoms with Gasteiger partial charge in [0.1, 0.15) is 12.1 Å². The van der Waals surface area contributed by atoms with Crippen molar-refractivity contribution in [3.05, 3.63) is 18.1 Å². The summed E-state index contributed by atoms with van der Waals surface area (Å²) in [5.41, 5.74) is 1.11. The summed E-state index contributed by atoms with van der Waals surface area (Å²) in [6, 6.07) is 2.67. The number of rotatable bonds is 3. The van der Waals surface area contributed by atoms with Crippen LogP contribution >= 0.6 is 0 Å². The molecule has 1 fully saturated rings. The molecule has 1 aliphatic rings. The van der Waals surface area contributed by atoms with Gasteiger partial charge in [-0.05, 0) is 31.6 Å². The van der Waals surface area contributed by atoms with Crippen molar-refractivity contribution in [3.63, 3.8) is 0 Å². The molecule has 2 atom stereocenters. The third-order valence-electron chi connectivity index (χ3n) is 3.13. The first-order valence-electron chi connectivity index (χ1n) is 5.85. The number of nitrogens with zero attached hydrogens (tertiary/aromatic N) is 2. The smallest absolute Gasteiger partial charge is 0.129 e. The second-order valence-electron chi connectivity index (χ2n) is 4.51. The monoisotopic (exact) mass is 205 g/mol. The summed E-state index contributed by atoms with van der Waals surface area (Å²) in [7, 11) is 0. The van der Waals surface area contributed by atoms with Crippen LogP contribution in [0.5, 0.6) is 0 Å². The van der Waals surface area contributed by atoms with Crippen LogP contribution in [0.3, 0.4) is 0 Å². The molecule has 0 radical (unpaired) electrons. The zero-order chi connectivity index (χ0) is 10.7. The van der Waals surface area contributed by atoms with Gasteiger partial charge in [0.05, 0.1) is 0 Å². The van der Waals surface area contributed by atoms with Crippen molar-refractivity contribution in [2.24, 2.45) is 5.92 Å². The topological polar surface area (TPSA) is 37.8 Å². The average molecular weight is 205 g/mol. The number of aromatic nitrogens is 2. The number of anilines is 1. The Morgan fingerprint density at radius 3 is 2.93 bits per heavy atom. The molecule has 15 heavy (non-hydrogen) atoms. The Morgan fingerprint density at radius 1 is 1.40 bits per heavy atom. The molecule has 2 unspecified atom stereocenters. The molecule has 3 heteroatoms. The minimum Gasteiger partial charge on any atom is -0.367 e. The normalized spacial score (nSPS) is 25.5. The second-order valence-corrected chi connectivity index (χ2v) is 4.51. The molecular weight excluding hydrogens is 186 g/mol. The average Bonchev–Trinajstić information content (AvgIpc) is 2.64. The van der Waals surface area contributed by atoms with Gasteiger partial charge in [-0.25, -0.2) is 9.97 Å². The summed E-state index contributed by atoms with van der Waals surface area (Å²) in [5, 5.41) is 3.49. The quantitative estimate of drug-likeness (QED) is 0.824. The second kappa shape index (κ2) is 4.60. The van der Waals surface area contributed by atoms with Crippen molar-refractivity contribution < 1.29 is 0 Å². The van der Waals surface area contributed by atoms with Gasteiger partial charge in [-0.1, -0.05) is 13.8 Å². The van der Waals surface area contributed by atoms with Crippen molar-refractivity contribution in [1.29, 1.82) is 0 Å². The van der Waals surface area contributed by atoms with Gasteiger partial charge in [0.25, 0.3) is 0 Å². The SMILES string of the molecule is CCc1cc(NC2CCC(C)C2)ncn1. The zero-order valence-electron chi connectivity index (χ0n) is 9.53. The molecule has 0 aromatic carbocycles. The number of aryl methyl sites for hydroxylation is 1. The van der Waals surface area contributed by atoms with Crippen molar-refractivity contribution in [3.8, 4) is 0 Å². The van der Waals surface area contributed by atoms with Crippen LogP contribution in [0.25, 0.3) is 0 Å². The molecule has 3 nitrogen and oxygen atoms in total. The van der Waals surface area contributed by atoms with Crippen molar-refractivity contribution in [1.82, 2.24) is 9.97 Å². The van der Waals surface area contributed by atoms with Crippen LogP contribution in [0.15, 0.2) is 12.4 Å². The molecule has 1 aromatic rings. The molecule has 0 bridgehead atoms. The third-order valence-corrected chi connectivity index (χ3v) is 3.13. The van der Waals surface area contributed by atoms with Crippen LogP contribution in [0, 0.1) is 5.92 Å². The van der Waals surface area contributed by atoms with E-state index in [0.717, 1.165) is 23.9 Å². The van der Waals surface area contributed by atoms with Crippen LogP contribution in [-0.4, -0.2) is 16.0 Å². The van der Waals surface area contributed by atoms with Gasteiger partial charge < -0.3 is 5.32 Å². The number of nitrogens with one attached hydrogen (secondary N) is 1. The zero-order valence-corrected chi connectivity index (χ0v) is 9.53. The van der Waals surface area contributed by atoms with Gasteiger partial charge in [0.15, 0.2) is 0 Å². The summed E-state index contributed by atoms with van der Waals surface area (Å²) in [6.45, 7) is 4.43. The van der Waals surface area contributed by atoms with Crippen LogP contribution in [0.1, 0.15) is 38.8 Å². The largest absolute Gasteiger partial charge is 0.367 e. The number of hydrogen-bond acceptors (Lipinski definition) is 3. The van der Waals surface area contributed by atoms with E-state index in [-0.39, 0.29) is 0 Å². The van der Waals surface area contributed by atoms with Gasteiger partial charge in [0.2, 0.25) is 0 Å². The Morgan fingerprint density at radius 2 is 2.27 bits per heavy atom. The van der Waals surface area contributed by atoms with Gasteiger partial charge in [0, 0.05) is 17.8 Å².